The van der Waals surface area contributed by atoms with Crippen molar-refractivity contribution in [2.75, 3.05) is 46.0 Å². The summed E-state index contributed by atoms with van der Waals surface area (Å²) in [6.07, 6.45) is 1.89. The van der Waals surface area contributed by atoms with Crippen LogP contribution in [-0.4, -0.2) is 72.5 Å². The fourth-order valence-electron chi connectivity index (χ4n) is 3.41. The molecule has 1 amide bonds. The Morgan fingerprint density at radius 1 is 1.19 bits per heavy atom. The number of ether oxygens (including phenoxy) is 3. The Kier molecular flexibility index (Phi) is 5.68. The van der Waals surface area contributed by atoms with Crippen LogP contribution in [0.5, 0.6) is 5.75 Å². The molecule has 1 atom stereocenters. The molecule has 0 radical (unpaired) electrons. The molecule has 1 spiro atoms. The van der Waals surface area contributed by atoms with Crippen molar-refractivity contribution in [3.63, 3.8) is 0 Å². The van der Waals surface area contributed by atoms with Crippen LogP contribution in [0.1, 0.15) is 4.88 Å². The van der Waals surface area contributed by atoms with Crippen molar-refractivity contribution in [3.05, 3.63) is 46.9 Å². The molecule has 1 unspecified atom stereocenters. The van der Waals surface area contributed by atoms with Crippen LogP contribution in [0, 0.1) is 0 Å². The zero-order chi connectivity index (χ0) is 18.5. The summed E-state index contributed by atoms with van der Waals surface area (Å²) in [4.78, 5) is 22.0. The van der Waals surface area contributed by atoms with Gasteiger partial charge in [-0.2, -0.15) is 0 Å². The number of thiazole rings is 1. The average Bonchev–Trinajstić information content (AvgIpc) is 3.20. The van der Waals surface area contributed by atoms with Gasteiger partial charge in [0.2, 0.25) is 0 Å². The van der Waals surface area contributed by atoms with Crippen molar-refractivity contribution in [1.82, 2.24) is 14.8 Å². The summed E-state index contributed by atoms with van der Waals surface area (Å²) >= 11 is 1.65. The molecule has 144 valence electrons. The fourth-order valence-corrected chi connectivity index (χ4v) is 4.04. The summed E-state index contributed by atoms with van der Waals surface area (Å²) in [6.45, 7) is 4.34. The Bertz CT molecular complexity index is 739. The molecule has 0 N–H and O–H groups in total. The predicted octanol–water partition coefficient (Wildman–Crippen LogP) is 1.61. The van der Waals surface area contributed by atoms with Gasteiger partial charge in [-0.3, -0.25) is 14.7 Å². The van der Waals surface area contributed by atoms with E-state index in [1.807, 2.05) is 42.0 Å². The lowest BCUT2D eigenvalue weighted by Crippen LogP contribution is -2.63. The van der Waals surface area contributed by atoms with E-state index in [0.717, 1.165) is 13.1 Å². The first-order valence-corrected chi connectivity index (χ1v) is 9.94. The van der Waals surface area contributed by atoms with Gasteiger partial charge in [0, 0.05) is 30.7 Å². The maximum Gasteiger partial charge on any atom is 0.260 e. The number of benzene rings is 1. The summed E-state index contributed by atoms with van der Waals surface area (Å²) in [7, 11) is 0. The van der Waals surface area contributed by atoms with Crippen LogP contribution in [0.3, 0.4) is 0 Å². The molecule has 1 aromatic carbocycles. The molecule has 2 aliphatic heterocycles. The Labute approximate surface area is 162 Å². The largest absolute Gasteiger partial charge is 0.484 e. The van der Waals surface area contributed by atoms with Crippen LogP contribution in [0.15, 0.2) is 42.0 Å². The van der Waals surface area contributed by atoms with Gasteiger partial charge in [-0.05, 0) is 12.1 Å². The number of aromatic nitrogens is 1. The van der Waals surface area contributed by atoms with Crippen molar-refractivity contribution in [3.8, 4) is 5.75 Å². The number of morpholine rings is 2. The molecule has 1 aromatic heterocycles. The molecule has 3 heterocycles. The van der Waals surface area contributed by atoms with E-state index in [0.29, 0.717) is 38.6 Å². The second kappa shape index (κ2) is 8.35. The van der Waals surface area contributed by atoms with E-state index in [2.05, 4.69) is 9.88 Å². The highest BCUT2D eigenvalue weighted by Crippen LogP contribution is 2.26. The lowest BCUT2D eigenvalue weighted by molar-refractivity contribution is -0.290. The number of hydrogen-bond acceptors (Lipinski definition) is 7. The molecule has 8 heteroatoms. The monoisotopic (exact) mass is 389 g/mol. The SMILES string of the molecule is O=C(COc1ccccc1)N1CCOC2(CN(Cc3cncs3)CCO2)C1. The summed E-state index contributed by atoms with van der Waals surface area (Å²) in [5, 5.41) is 0. The van der Waals surface area contributed by atoms with E-state index in [1.54, 1.807) is 16.2 Å². The van der Waals surface area contributed by atoms with Crippen LogP contribution >= 0.6 is 11.3 Å². The minimum Gasteiger partial charge on any atom is -0.484 e. The Hall–Kier alpha value is -2.00. The zero-order valence-electron chi connectivity index (χ0n) is 15.1. The van der Waals surface area contributed by atoms with Gasteiger partial charge in [-0.1, -0.05) is 18.2 Å². The molecule has 2 fully saturated rings. The van der Waals surface area contributed by atoms with Crippen molar-refractivity contribution in [1.29, 1.82) is 0 Å². The molecular formula is C19H23N3O4S. The average molecular weight is 389 g/mol. The minimum absolute atomic E-state index is 0.0185. The molecule has 2 aliphatic rings. The van der Waals surface area contributed by atoms with Crippen LogP contribution in [0.4, 0.5) is 0 Å². The Morgan fingerprint density at radius 3 is 2.78 bits per heavy atom. The lowest BCUT2D eigenvalue weighted by Gasteiger charge is -2.47. The Morgan fingerprint density at radius 2 is 2.00 bits per heavy atom. The second-order valence-corrected chi connectivity index (χ2v) is 7.67. The van der Waals surface area contributed by atoms with Gasteiger partial charge in [0.15, 0.2) is 12.4 Å². The third-order valence-corrected chi connectivity index (χ3v) is 5.48. The molecule has 4 rings (SSSR count). The number of carbonyl (C=O) groups is 1. The normalized spacial score (nSPS) is 23.5. The van der Waals surface area contributed by atoms with Gasteiger partial charge < -0.3 is 19.1 Å². The van der Waals surface area contributed by atoms with Gasteiger partial charge in [0.05, 0.1) is 31.8 Å². The molecular weight excluding hydrogens is 366 g/mol. The third kappa shape index (κ3) is 4.65. The number of amides is 1. The third-order valence-electron chi connectivity index (χ3n) is 4.72. The van der Waals surface area contributed by atoms with Gasteiger partial charge in [-0.15, -0.1) is 11.3 Å². The summed E-state index contributed by atoms with van der Waals surface area (Å²) in [6, 6.07) is 9.37. The molecule has 2 saturated heterocycles. The number of para-hydroxylation sites is 1. The first-order valence-electron chi connectivity index (χ1n) is 9.06. The number of rotatable bonds is 5. The first kappa shape index (κ1) is 18.4. The van der Waals surface area contributed by atoms with Crippen molar-refractivity contribution >= 4 is 17.2 Å². The molecule has 0 saturated carbocycles. The Balaban J connectivity index is 1.34. The summed E-state index contributed by atoms with van der Waals surface area (Å²) in [5.41, 5.74) is 1.84. The molecule has 27 heavy (non-hydrogen) atoms. The van der Waals surface area contributed by atoms with E-state index < -0.39 is 5.79 Å². The maximum absolute atomic E-state index is 12.6. The van der Waals surface area contributed by atoms with Gasteiger partial charge >= 0.3 is 0 Å². The predicted molar refractivity (Wildman–Crippen MR) is 101 cm³/mol. The fraction of sp³-hybridized carbons (Fsp3) is 0.474. The quantitative estimate of drug-likeness (QED) is 0.774. The lowest BCUT2D eigenvalue weighted by atomic mass is 10.1. The number of carbonyl (C=O) groups excluding carboxylic acids is 1. The maximum atomic E-state index is 12.6. The summed E-state index contributed by atoms with van der Waals surface area (Å²) in [5.74, 6) is -0.118. The van der Waals surface area contributed by atoms with Crippen LogP contribution < -0.4 is 4.74 Å². The first-order chi connectivity index (χ1) is 13.2. The summed E-state index contributed by atoms with van der Waals surface area (Å²) < 4.78 is 17.6. The highest BCUT2D eigenvalue weighted by molar-refractivity contribution is 7.09. The van der Waals surface area contributed by atoms with E-state index in [4.69, 9.17) is 14.2 Å². The van der Waals surface area contributed by atoms with Gasteiger partial charge in [0.1, 0.15) is 5.75 Å². The number of hydrogen-bond donors (Lipinski definition) is 0. The minimum atomic E-state index is -0.760. The van der Waals surface area contributed by atoms with Crippen molar-refractivity contribution in [2.45, 2.75) is 12.3 Å². The second-order valence-electron chi connectivity index (χ2n) is 6.70. The topological polar surface area (TPSA) is 64.1 Å². The van der Waals surface area contributed by atoms with Gasteiger partial charge in [-0.25, -0.2) is 0 Å². The van der Waals surface area contributed by atoms with E-state index >= 15 is 0 Å². The zero-order valence-corrected chi connectivity index (χ0v) is 15.9. The van der Waals surface area contributed by atoms with E-state index in [-0.39, 0.29) is 12.5 Å². The molecule has 2 aromatic rings. The molecule has 0 bridgehead atoms. The van der Waals surface area contributed by atoms with Crippen LogP contribution in [0.25, 0.3) is 0 Å². The van der Waals surface area contributed by atoms with E-state index in [1.165, 1.54) is 4.88 Å². The van der Waals surface area contributed by atoms with Gasteiger partial charge in [0.25, 0.3) is 5.91 Å². The van der Waals surface area contributed by atoms with Crippen LogP contribution in [-0.2, 0) is 20.8 Å². The standard InChI is InChI=1S/C19H23N3O4S/c23-18(12-24-16-4-2-1-3-5-16)22-7-9-26-19(14-22)13-21(6-8-25-19)11-17-10-20-15-27-17/h1-5,10,15H,6-9,11-14H2. The highest BCUT2D eigenvalue weighted by Gasteiger charge is 2.43. The highest BCUT2D eigenvalue weighted by atomic mass is 32.1. The molecule has 0 aliphatic carbocycles. The smallest absolute Gasteiger partial charge is 0.260 e. The molecule has 7 nitrogen and oxygen atoms in total. The van der Waals surface area contributed by atoms with E-state index in [9.17, 15) is 4.79 Å². The van der Waals surface area contributed by atoms with Crippen molar-refractivity contribution < 1.29 is 19.0 Å². The van der Waals surface area contributed by atoms with Crippen LogP contribution in [0.2, 0.25) is 0 Å². The van der Waals surface area contributed by atoms with Crippen molar-refractivity contribution in [2.24, 2.45) is 0 Å². The number of nitrogens with zero attached hydrogens (tertiary/aromatic N) is 3.